The number of likely N-dealkylation sites (tertiary alicyclic amines) is 1. The lowest BCUT2D eigenvalue weighted by atomic mass is 10.0. The molecule has 1 amide bonds. The van der Waals surface area contributed by atoms with Crippen LogP contribution in [0.1, 0.15) is 38.5 Å². The van der Waals surface area contributed by atoms with Crippen LogP contribution in [0.25, 0.3) is 0 Å². The molecule has 3 aliphatic heterocycles. The lowest BCUT2D eigenvalue weighted by Gasteiger charge is -2.38. The Morgan fingerprint density at radius 1 is 0.931 bits per heavy atom. The lowest BCUT2D eigenvalue weighted by Crippen LogP contribution is -2.51. The predicted molar refractivity (Wildman–Crippen MR) is 113 cm³/mol. The predicted octanol–water partition coefficient (Wildman–Crippen LogP) is 0.962. The normalized spacial score (nSPS) is 24.0. The van der Waals surface area contributed by atoms with Crippen molar-refractivity contribution in [3.8, 4) is 0 Å². The van der Waals surface area contributed by atoms with Gasteiger partial charge in [-0.05, 0) is 38.5 Å². The van der Waals surface area contributed by atoms with Crippen LogP contribution in [-0.2, 0) is 4.79 Å². The fourth-order valence-corrected chi connectivity index (χ4v) is 4.73. The Morgan fingerprint density at radius 3 is 2.41 bits per heavy atom. The minimum Gasteiger partial charge on any atom is -0.394 e. The first-order valence-electron chi connectivity index (χ1n) is 11.2. The Kier molecular flexibility index (Phi) is 6.82. The van der Waals surface area contributed by atoms with E-state index in [2.05, 4.69) is 30.7 Å². The van der Waals surface area contributed by atoms with Crippen molar-refractivity contribution in [2.75, 3.05) is 68.8 Å². The Hall–Kier alpha value is -1.93. The number of hydrogen-bond acceptors (Lipinski definition) is 7. The lowest BCUT2D eigenvalue weighted by molar-refractivity contribution is -0.133. The molecule has 1 unspecified atom stereocenters. The van der Waals surface area contributed by atoms with Gasteiger partial charge in [0.1, 0.15) is 18.0 Å². The molecule has 8 heteroatoms. The summed E-state index contributed by atoms with van der Waals surface area (Å²) in [5, 5.41) is 9.70. The van der Waals surface area contributed by atoms with Crippen LogP contribution >= 0.6 is 0 Å². The summed E-state index contributed by atoms with van der Waals surface area (Å²) in [6.45, 7) is 6.98. The zero-order chi connectivity index (χ0) is 20.1. The summed E-state index contributed by atoms with van der Waals surface area (Å²) in [6.07, 6.45) is 8.49. The number of nitrogens with zero attached hydrogens (tertiary/aromatic N) is 6. The smallest absolute Gasteiger partial charge is 0.236 e. The second kappa shape index (κ2) is 9.71. The average molecular weight is 403 g/mol. The van der Waals surface area contributed by atoms with Gasteiger partial charge in [-0.25, -0.2) is 9.97 Å². The molecular formula is C21H34N6O2. The number of aromatic nitrogens is 2. The number of piperazine rings is 1. The first-order chi connectivity index (χ1) is 14.2. The molecule has 4 rings (SSSR count). The zero-order valence-corrected chi connectivity index (χ0v) is 17.4. The Balaban J connectivity index is 1.32. The fraction of sp³-hybridized carbons (Fsp3) is 0.762. The van der Waals surface area contributed by atoms with E-state index >= 15 is 0 Å². The third kappa shape index (κ3) is 4.98. The van der Waals surface area contributed by atoms with E-state index in [-0.39, 0.29) is 18.6 Å². The average Bonchev–Trinajstić information content (AvgIpc) is 2.80. The van der Waals surface area contributed by atoms with Gasteiger partial charge < -0.3 is 19.8 Å². The van der Waals surface area contributed by atoms with Gasteiger partial charge in [-0.15, -0.1) is 0 Å². The topological polar surface area (TPSA) is 76.0 Å². The summed E-state index contributed by atoms with van der Waals surface area (Å²) in [4.78, 5) is 30.3. The number of rotatable bonds is 5. The molecule has 3 saturated heterocycles. The van der Waals surface area contributed by atoms with Gasteiger partial charge in [0.25, 0.3) is 0 Å². The number of amides is 1. The minimum atomic E-state index is 0.157. The van der Waals surface area contributed by atoms with Crippen LogP contribution in [0.2, 0.25) is 0 Å². The third-order valence-corrected chi connectivity index (χ3v) is 6.53. The number of piperidine rings is 2. The van der Waals surface area contributed by atoms with E-state index in [0.29, 0.717) is 6.54 Å². The molecule has 4 heterocycles. The molecular weight excluding hydrogens is 368 g/mol. The van der Waals surface area contributed by atoms with Crippen LogP contribution in [0, 0.1) is 0 Å². The molecule has 0 saturated carbocycles. The highest BCUT2D eigenvalue weighted by molar-refractivity contribution is 5.78. The molecule has 1 N–H and O–H groups in total. The van der Waals surface area contributed by atoms with E-state index in [9.17, 15) is 9.90 Å². The molecule has 0 aliphatic carbocycles. The van der Waals surface area contributed by atoms with Crippen molar-refractivity contribution in [2.24, 2.45) is 0 Å². The van der Waals surface area contributed by atoms with Crippen molar-refractivity contribution in [2.45, 2.75) is 44.6 Å². The summed E-state index contributed by atoms with van der Waals surface area (Å²) in [5.41, 5.74) is 0. The standard InChI is InChI=1S/C21H34N6O2/c28-16-18-6-2-5-9-27(18)20-14-19(22-17-23-20)25-12-10-24(11-13-25)15-21(29)26-7-3-1-4-8-26/h14,17-18,28H,1-13,15-16H2. The van der Waals surface area contributed by atoms with Crippen molar-refractivity contribution in [3.63, 3.8) is 0 Å². The number of aliphatic hydroxyl groups excluding tert-OH is 1. The van der Waals surface area contributed by atoms with Gasteiger partial charge in [0.05, 0.1) is 19.2 Å². The van der Waals surface area contributed by atoms with Gasteiger partial charge in [0.2, 0.25) is 5.91 Å². The second-order valence-corrected chi connectivity index (χ2v) is 8.46. The number of aliphatic hydroxyl groups is 1. The van der Waals surface area contributed by atoms with E-state index < -0.39 is 0 Å². The van der Waals surface area contributed by atoms with E-state index in [4.69, 9.17) is 0 Å². The summed E-state index contributed by atoms with van der Waals surface area (Å²) >= 11 is 0. The molecule has 0 radical (unpaired) electrons. The summed E-state index contributed by atoms with van der Waals surface area (Å²) in [7, 11) is 0. The molecule has 8 nitrogen and oxygen atoms in total. The molecule has 0 spiro atoms. The maximum absolute atomic E-state index is 12.5. The van der Waals surface area contributed by atoms with Gasteiger partial charge in [0, 0.05) is 51.9 Å². The van der Waals surface area contributed by atoms with Crippen molar-refractivity contribution >= 4 is 17.5 Å². The second-order valence-electron chi connectivity index (χ2n) is 8.46. The van der Waals surface area contributed by atoms with Crippen LogP contribution in [0.3, 0.4) is 0 Å². The fourth-order valence-electron chi connectivity index (χ4n) is 4.73. The van der Waals surface area contributed by atoms with Gasteiger partial charge in [-0.1, -0.05) is 0 Å². The summed E-state index contributed by atoms with van der Waals surface area (Å²) in [5.74, 6) is 2.14. The monoisotopic (exact) mass is 402 g/mol. The highest BCUT2D eigenvalue weighted by Crippen LogP contribution is 2.25. The van der Waals surface area contributed by atoms with Crippen molar-refractivity contribution in [3.05, 3.63) is 12.4 Å². The Labute approximate surface area is 173 Å². The van der Waals surface area contributed by atoms with Crippen molar-refractivity contribution < 1.29 is 9.90 Å². The molecule has 1 aromatic heterocycles. The quantitative estimate of drug-likeness (QED) is 0.786. The van der Waals surface area contributed by atoms with E-state index in [1.165, 1.54) is 6.42 Å². The molecule has 0 aromatic carbocycles. The first kappa shape index (κ1) is 20.3. The minimum absolute atomic E-state index is 0.157. The molecule has 160 valence electrons. The maximum Gasteiger partial charge on any atom is 0.236 e. The SMILES string of the molecule is O=C(CN1CCN(c2cc(N3CCCCC3CO)ncn2)CC1)N1CCCCC1. The van der Waals surface area contributed by atoms with Crippen molar-refractivity contribution in [1.29, 1.82) is 0 Å². The van der Waals surface area contributed by atoms with Gasteiger partial charge in [-0.3, -0.25) is 9.69 Å². The van der Waals surface area contributed by atoms with E-state index in [1.54, 1.807) is 6.33 Å². The largest absolute Gasteiger partial charge is 0.394 e. The Morgan fingerprint density at radius 2 is 1.66 bits per heavy atom. The van der Waals surface area contributed by atoms with Gasteiger partial charge >= 0.3 is 0 Å². The molecule has 3 aliphatic rings. The van der Waals surface area contributed by atoms with E-state index in [1.807, 2.05) is 4.90 Å². The molecule has 1 atom stereocenters. The maximum atomic E-state index is 12.5. The molecule has 0 bridgehead atoms. The Bertz CT molecular complexity index is 673. The van der Waals surface area contributed by atoms with Crippen LogP contribution in [0.4, 0.5) is 11.6 Å². The number of carbonyl (C=O) groups is 1. The zero-order valence-electron chi connectivity index (χ0n) is 17.4. The molecule has 29 heavy (non-hydrogen) atoms. The van der Waals surface area contributed by atoms with Crippen LogP contribution in [0.15, 0.2) is 12.4 Å². The number of carbonyl (C=O) groups excluding carboxylic acids is 1. The summed E-state index contributed by atoms with van der Waals surface area (Å²) in [6, 6.07) is 2.21. The van der Waals surface area contributed by atoms with Crippen molar-refractivity contribution in [1.82, 2.24) is 19.8 Å². The van der Waals surface area contributed by atoms with Crippen LogP contribution < -0.4 is 9.80 Å². The van der Waals surface area contributed by atoms with Gasteiger partial charge in [-0.2, -0.15) is 0 Å². The van der Waals surface area contributed by atoms with Crippen LogP contribution in [-0.4, -0.2) is 95.8 Å². The van der Waals surface area contributed by atoms with Crippen LogP contribution in [0.5, 0.6) is 0 Å². The summed E-state index contributed by atoms with van der Waals surface area (Å²) < 4.78 is 0. The van der Waals surface area contributed by atoms with Gasteiger partial charge in [0.15, 0.2) is 0 Å². The molecule has 1 aromatic rings. The number of anilines is 2. The number of hydrogen-bond donors (Lipinski definition) is 1. The third-order valence-electron chi connectivity index (χ3n) is 6.53. The van der Waals surface area contributed by atoms with E-state index in [0.717, 1.165) is 89.6 Å². The highest BCUT2D eigenvalue weighted by Gasteiger charge is 2.26. The molecule has 3 fully saturated rings. The first-order valence-corrected chi connectivity index (χ1v) is 11.2. The highest BCUT2D eigenvalue weighted by atomic mass is 16.3.